The molecular weight excluding hydrogens is 282 g/mol. The highest BCUT2D eigenvalue weighted by Crippen LogP contribution is 2.31. The zero-order valence-corrected chi connectivity index (χ0v) is 13.6. The summed E-state index contributed by atoms with van der Waals surface area (Å²) in [6.07, 6.45) is 2.23. The van der Waals surface area contributed by atoms with Gasteiger partial charge in [-0.2, -0.15) is 0 Å². The number of rotatable bonds is 2. The van der Waals surface area contributed by atoms with E-state index >= 15 is 0 Å². The molecule has 2 heterocycles. The molecule has 1 aromatic rings. The Kier molecular flexibility index (Phi) is 4.40. The molecule has 2 aliphatic rings. The van der Waals surface area contributed by atoms with E-state index in [0.717, 1.165) is 25.9 Å². The monoisotopic (exact) mass is 308 g/mol. The van der Waals surface area contributed by atoms with E-state index in [1.54, 1.807) is 0 Å². The zero-order valence-electron chi connectivity index (χ0n) is 13.6. The topological polar surface area (TPSA) is 6.48 Å². The second-order valence-electron chi connectivity index (χ2n) is 6.90. The highest BCUT2D eigenvalue weighted by atomic mass is 19.3. The van der Waals surface area contributed by atoms with Gasteiger partial charge >= 0.3 is 0 Å². The van der Waals surface area contributed by atoms with Gasteiger partial charge in [0, 0.05) is 50.7 Å². The molecule has 2 nitrogen and oxygen atoms in total. The third kappa shape index (κ3) is 3.43. The van der Waals surface area contributed by atoms with Gasteiger partial charge < -0.3 is 4.90 Å². The standard InChI is InChI=1S/C18H26F2N2/c1-14-3-4-17(15(2)13-14)22-9-5-16(6-10-22)21-11-7-18(19,20)8-12-21/h3-4,13,16H,5-12H2,1-2H3. The van der Waals surface area contributed by atoms with Crippen LogP contribution in [0.3, 0.4) is 0 Å². The van der Waals surface area contributed by atoms with Gasteiger partial charge in [-0.3, -0.25) is 4.90 Å². The number of hydrogen-bond acceptors (Lipinski definition) is 2. The van der Waals surface area contributed by atoms with Gasteiger partial charge in [-0.25, -0.2) is 8.78 Å². The first kappa shape index (κ1) is 15.7. The van der Waals surface area contributed by atoms with E-state index in [0.29, 0.717) is 19.1 Å². The maximum absolute atomic E-state index is 13.3. The van der Waals surface area contributed by atoms with Gasteiger partial charge in [-0.1, -0.05) is 17.7 Å². The van der Waals surface area contributed by atoms with Gasteiger partial charge in [0.15, 0.2) is 0 Å². The summed E-state index contributed by atoms with van der Waals surface area (Å²) in [5.74, 6) is -2.43. The van der Waals surface area contributed by atoms with Crippen molar-refractivity contribution in [2.75, 3.05) is 31.1 Å². The van der Waals surface area contributed by atoms with E-state index in [-0.39, 0.29) is 12.8 Å². The summed E-state index contributed by atoms with van der Waals surface area (Å²) < 4.78 is 26.5. The molecule has 0 spiro atoms. The first-order valence-electron chi connectivity index (χ1n) is 8.39. The third-order valence-electron chi connectivity index (χ3n) is 5.20. The number of benzene rings is 1. The first-order chi connectivity index (χ1) is 10.4. The van der Waals surface area contributed by atoms with Crippen LogP contribution in [0.5, 0.6) is 0 Å². The summed E-state index contributed by atoms with van der Waals surface area (Å²) in [7, 11) is 0. The largest absolute Gasteiger partial charge is 0.371 e. The van der Waals surface area contributed by atoms with E-state index in [9.17, 15) is 8.78 Å². The number of aryl methyl sites for hydroxylation is 2. The Morgan fingerprint density at radius 1 is 1.00 bits per heavy atom. The summed E-state index contributed by atoms with van der Waals surface area (Å²) in [6, 6.07) is 7.10. The number of piperidine rings is 2. The minimum absolute atomic E-state index is 0.0320. The molecule has 2 aliphatic heterocycles. The molecule has 1 aromatic carbocycles. The molecule has 0 amide bonds. The van der Waals surface area contributed by atoms with Crippen LogP contribution in [0.4, 0.5) is 14.5 Å². The van der Waals surface area contributed by atoms with Crippen molar-refractivity contribution in [2.24, 2.45) is 0 Å². The predicted molar refractivity (Wildman–Crippen MR) is 86.9 cm³/mol. The fourth-order valence-corrected chi connectivity index (χ4v) is 3.85. The summed E-state index contributed by atoms with van der Waals surface area (Å²) in [5, 5.41) is 0. The first-order valence-corrected chi connectivity index (χ1v) is 8.39. The van der Waals surface area contributed by atoms with E-state index in [1.807, 2.05) is 0 Å². The van der Waals surface area contributed by atoms with Crippen molar-refractivity contribution in [3.63, 3.8) is 0 Å². The minimum atomic E-state index is -2.43. The van der Waals surface area contributed by atoms with Gasteiger partial charge in [0.2, 0.25) is 0 Å². The Hall–Kier alpha value is -1.16. The maximum atomic E-state index is 13.3. The second-order valence-corrected chi connectivity index (χ2v) is 6.90. The van der Waals surface area contributed by atoms with Crippen LogP contribution < -0.4 is 4.90 Å². The fraction of sp³-hybridized carbons (Fsp3) is 0.667. The minimum Gasteiger partial charge on any atom is -0.371 e. The molecule has 0 aliphatic carbocycles. The average molecular weight is 308 g/mol. The normalized spacial score (nSPS) is 23.7. The fourth-order valence-electron chi connectivity index (χ4n) is 3.85. The lowest BCUT2D eigenvalue weighted by molar-refractivity contribution is -0.0646. The van der Waals surface area contributed by atoms with Crippen LogP contribution in [0.25, 0.3) is 0 Å². The van der Waals surface area contributed by atoms with Gasteiger partial charge in [0.1, 0.15) is 0 Å². The third-order valence-corrected chi connectivity index (χ3v) is 5.20. The van der Waals surface area contributed by atoms with E-state index in [2.05, 4.69) is 41.8 Å². The Balaban J connectivity index is 1.56. The van der Waals surface area contributed by atoms with Crippen LogP contribution in [0.1, 0.15) is 36.8 Å². The zero-order chi connectivity index (χ0) is 15.7. The van der Waals surface area contributed by atoms with Crippen molar-refractivity contribution in [3.05, 3.63) is 29.3 Å². The maximum Gasteiger partial charge on any atom is 0.250 e. The molecule has 122 valence electrons. The van der Waals surface area contributed by atoms with Gasteiger partial charge in [-0.15, -0.1) is 0 Å². The molecule has 2 fully saturated rings. The number of hydrogen-bond donors (Lipinski definition) is 0. The highest BCUT2D eigenvalue weighted by Gasteiger charge is 2.36. The molecule has 0 atom stereocenters. The molecule has 0 bridgehead atoms. The Morgan fingerprint density at radius 2 is 1.64 bits per heavy atom. The molecule has 2 saturated heterocycles. The summed E-state index contributed by atoms with van der Waals surface area (Å²) >= 11 is 0. The van der Waals surface area contributed by atoms with Crippen molar-refractivity contribution >= 4 is 5.69 Å². The molecule has 0 aromatic heterocycles. The smallest absolute Gasteiger partial charge is 0.250 e. The highest BCUT2D eigenvalue weighted by molar-refractivity contribution is 5.54. The second kappa shape index (κ2) is 6.15. The lowest BCUT2D eigenvalue weighted by atomic mass is 9.97. The van der Waals surface area contributed by atoms with Crippen LogP contribution >= 0.6 is 0 Å². The Labute approximate surface area is 132 Å². The molecule has 22 heavy (non-hydrogen) atoms. The SMILES string of the molecule is Cc1ccc(N2CCC(N3CCC(F)(F)CC3)CC2)c(C)c1. The summed E-state index contributed by atoms with van der Waals surface area (Å²) in [4.78, 5) is 4.74. The molecule has 4 heteroatoms. The quantitative estimate of drug-likeness (QED) is 0.814. The number of halogens is 2. The van der Waals surface area contributed by atoms with Gasteiger partial charge in [-0.05, 0) is 38.3 Å². The van der Waals surface area contributed by atoms with Crippen molar-refractivity contribution < 1.29 is 8.78 Å². The van der Waals surface area contributed by atoms with Crippen LogP contribution in [-0.2, 0) is 0 Å². The Bertz CT molecular complexity index is 512. The van der Waals surface area contributed by atoms with E-state index in [1.165, 1.54) is 16.8 Å². The molecule has 0 N–H and O–H groups in total. The predicted octanol–water partition coefficient (Wildman–Crippen LogP) is 4.00. The molecule has 3 rings (SSSR count). The van der Waals surface area contributed by atoms with Crippen molar-refractivity contribution in [1.82, 2.24) is 4.90 Å². The van der Waals surface area contributed by atoms with Crippen LogP contribution in [0, 0.1) is 13.8 Å². The molecule has 0 unspecified atom stereocenters. The Morgan fingerprint density at radius 3 is 2.23 bits per heavy atom. The van der Waals surface area contributed by atoms with Crippen LogP contribution in [0.15, 0.2) is 18.2 Å². The van der Waals surface area contributed by atoms with Crippen molar-refractivity contribution in [1.29, 1.82) is 0 Å². The van der Waals surface area contributed by atoms with Crippen molar-refractivity contribution in [3.8, 4) is 0 Å². The lowest BCUT2D eigenvalue weighted by Gasteiger charge is -2.42. The van der Waals surface area contributed by atoms with Crippen LogP contribution in [0.2, 0.25) is 0 Å². The van der Waals surface area contributed by atoms with Gasteiger partial charge in [0.05, 0.1) is 0 Å². The molecular formula is C18H26F2N2. The van der Waals surface area contributed by atoms with E-state index < -0.39 is 5.92 Å². The number of likely N-dealkylation sites (tertiary alicyclic amines) is 1. The average Bonchev–Trinajstić information content (AvgIpc) is 2.48. The van der Waals surface area contributed by atoms with Gasteiger partial charge in [0.25, 0.3) is 5.92 Å². The number of alkyl halides is 2. The summed E-state index contributed by atoms with van der Waals surface area (Å²) in [5.41, 5.74) is 3.95. The number of anilines is 1. The van der Waals surface area contributed by atoms with Crippen molar-refractivity contribution in [2.45, 2.75) is 51.5 Å². The van der Waals surface area contributed by atoms with E-state index in [4.69, 9.17) is 0 Å². The number of nitrogens with zero attached hydrogens (tertiary/aromatic N) is 2. The van der Waals surface area contributed by atoms with Crippen LogP contribution in [-0.4, -0.2) is 43.0 Å². The lowest BCUT2D eigenvalue weighted by Crippen LogP contribution is -2.49. The summed E-state index contributed by atoms with van der Waals surface area (Å²) in [6.45, 7) is 7.46. The molecule has 0 radical (unpaired) electrons. The molecule has 0 saturated carbocycles.